The minimum atomic E-state index is -1.34. The number of amides is 2. The summed E-state index contributed by atoms with van der Waals surface area (Å²) in [6.45, 7) is 0. The van der Waals surface area contributed by atoms with Crippen molar-refractivity contribution in [2.45, 2.75) is 34.4 Å². The van der Waals surface area contributed by atoms with Gasteiger partial charge in [0.2, 0.25) is 5.60 Å². The fourth-order valence-corrected chi connectivity index (χ4v) is 13.9. The molecule has 15 heteroatoms. The first kappa shape index (κ1) is 53.4. The highest BCUT2D eigenvalue weighted by atomic mass is 32.2. The van der Waals surface area contributed by atoms with Gasteiger partial charge in [0.15, 0.2) is 16.9 Å². The number of nitrogens with zero attached hydrogens (tertiary/aromatic N) is 5. The Morgan fingerprint density at radius 2 is 1.11 bits per heavy atom. The van der Waals surface area contributed by atoms with Gasteiger partial charge in [-0.25, -0.2) is 9.78 Å². The Labute approximate surface area is 487 Å². The number of esters is 1. The van der Waals surface area contributed by atoms with Gasteiger partial charge in [-0.3, -0.25) is 19.2 Å². The Balaban J connectivity index is 0.886. The molecule has 4 heterocycles. The number of anilines is 1. The highest BCUT2D eigenvalue weighted by Gasteiger charge is 2.55. The van der Waals surface area contributed by atoms with Gasteiger partial charge in [0.25, 0.3) is 11.8 Å². The second kappa shape index (κ2) is 23.8. The van der Waals surface area contributed by atoms with Crippen LogP contribution in [-0.4, -0.2) is 60.3 Å². The normalized spacial score (nSPS) is 15.4. The van der Waals surface area contributed by atoms with Crippen LogP contribution in [0.25, 0.3) is 0 Å². The zero-order valence-corrected chi connectivity index (χ0v) is 46.5. The molecule has 3 N–H and O–H groups in total. The van der Waals surface area contributed by atoms with Crippen LogP contribution < -0.4 is 11.1 Å². The number of oxime groups is 1. The molecule has 2 aliphatic rings. The predicted molar refractivity (Wildman–Crippen MR) is 324 cm³/mol. The zero-order chi connectivity index (χ0) is 55.9. The molecule has 12 rings (SSSR count). The highest BCUT2D eigenvalue weighted by Crippen LogP contribution is 2.47. The van der Waals surface area contributed by atoms with E-state index in [1.54, 1.807) is 5.38 Å². The standard InChI is InChI=1S/C67H53N7O5S3/c68-65-70-55(44-82-65)57(72-79-67(52-35-19-6-20-36-52,53-37-21-7-22-38-53)54-39-23-8-24-40-54)61(75)71-58-62(76)74-59(64(77)78-60(47-25-9-1-10-26-47)48-27-11-2-12-28-48)56(45-81-63(58)74)80-43-46-41-69-73(42-46)66(49-29-13-3-14-30-49,50-31-15-4-16-32-50)51-33-17-5-18-34-51/h1-42,44,58,60,63H,43,45H2,(H2,68,70)(H,71,75)/b72-57-/t58-,63+/m1/s1. The topological polar surface area (TPSA) is 154 Å². The first-order valence-electron chi connectivity index (χ1n) is 26.6. The minimum absolute atomic E-state index is 0.114. The van der Waals surface area contributed by atoms with Crippen LogP contribution in [0.5, 0.6) is 0 Å². The lowest BCUT2D eigenvalue weighted by atomic mass is 9.77. The van der Waals surface area contributed by atoms with Crippen LogP contribution in [0.3, 0.4) is 0 Å². The van der Waals surface area contributed by atoms with Crippen LogP contribution in [0.4, 0.5) is 5.13 Å². The van der Waals surface area contributed by atoms with E-state index in [4.69, 9.17) is 20.4 Å². The third-order valence-electron chi connectivity index (χ3n) is 14.6. The molecule has 0 aliphatic carbocycles. The van der Waals surface area contributed by atoms with Gasteiger partial charge in [-0.15, -0.1) is 34.9 Å². The molecular weight excluding hydrogens is 1080 g/mol. The van der Waals surface area contributed by atoms with E-state index in [-0.39, 0.29) is 22.2 Å². The molecule has 2 aromatic heterocycles. The first-order chi connectivity index (χ1) is 40.3. The largest absolute Gasteiger partial charge is 0.448 e. The molecule has 12 nitrogen and oxygen atoms in total. The maximum Gasteiger partial charge on any atom is 0.356 e. The SMILES string of the molecule is Nc1nc(/C(=N/OC(c2ccccc2)(c2ccccc2)c2ccccc2)C(=O)N[C@@H]2C(=O)N3C(C(=O)OC(c4ccccc4)c4ccccc4)=C(SCc4cnn(C(c5ccccc5)(c5ccccc5)c5ccccc5)c4)CS[C@@H]23)cs1. The molecule has 2 amide bonds. The fraction of sp³-hybridized carbons (Fsp3) is 0.104. The number of nitrogens with two attached hydrogens (primary N) is 1. The summed E-state index contributed by atoms with van der Waals surface area (Å²) in [5.41, 5.74) is 11.9. The van der Waals surface area contributed by atoms with Gasteiger partial charge in [-0.1, -0.05) is 248 Å². The Kier molecular flexibility index (Phi) is 15.5. The van der Waals surface area contributed by atoms with E-state index in [0.717, 1.165) is 61.4 Å². The van der Waals surface area contributed by atoms with Crippen molar-refractivity contribution >= 4 is 63.5 Å². The molecule has 0 saturated carbocycles. The first-order valence-corrected chi connectivity index (χ1v) is 29.5. The number of ether oxygens (including phenoxy) is 1. The van der Waals surface area contributed by atoms with E-state index < -0.39 is 46.4 Å². The van der Waals surface area contributed by atoms with Gasteiger partial charge in [0, 0.05) is 50.2 Å². The van der Waals surface area contributed by atoms with Crippen LogP contribution in [-0.2, 0) is 40.9 Å². The number of rotatable bonds is 19. The molecule has 10 aromatic rings. The number of aromatic nitrogens is 3. The lowest BCUT2D eigenvalue weighted by Crippen LogP contribution is -2.71. The highest BCUT2D eigenvalue weighted by molar-refractivity contribution is 8.05. The molecule has 0 radical (unpaired) electrons. The zero-order valence-electron chi connectivity index (χ0n) is 44.1. The van der Waals surface area contributed by atoms with Gasteiger partial charge in [-0.2, -0.15) is 5.10 Å². The van der Waals surface area contributed by atoms with Gasteiger partial charge >= 0.3 is 5.97 Å². The number of thioether (sulfide) groups is 2. The molecule has 0 spiro atoms. The van der Waals surface area contributed by atoms with Crippen molar-refractivity contribution in [3.63, 3.8) is 0 Å². The summed E-state index contributed by atoms with van der Waals surface area (Å²) in [5, 5.41) is 13.9. The summed E-state index contributed by atoms with van der Waals surface area (Å²) in [4.78, 5) is 58.5. The minimum Gasteiger partial charge on any atom is -0.448 e. The smallest absolute Gasteiger partial charge is 0.356 e. The molecular formula is C67H53N7O5S3. The number of carbonyl (C=O) groups is 3. The van der Waals surface area contributed by atoms with Crippen molar-refractivity contribution < 1.29 is 24.0 Å². The number of nitrogen functional groups attached to an aromatic ring is 1. The van der Waals surface area contributed by atoms with Crippen LogP contribution in [0.15, 0.2) is 276 Å². The molecule has 1 saturated heterocycles. The summed E-state index contributed by atoms with van der Waals surface area (Å²) in [5.74, 6) is -1.16. The third-order valence-corrected chi connectivity index (χ3v) is 17.9. The Morgan fingerprint density at radius 3 is 1.56 bits per heavy atom. The molecule has 8 aromatic carbocycles. The van der Waals surface area contributed by atoms with Gasteiger partial charge < -0.3 is 20.6 Å². The molecule has 2 atom stereocenters. The van der Waals surface area contributed by atoms with Gasteiger partial charge in [0.1, 0.15) is 28.3 Å². The lowest BCUT2D eigenvalue weighted by molar-refractivity contribution is -0.154. The number of β-lactam (4-membered cyclic amide) rings is 1. The van der Waals surface area contributed by atoms with E-state index in [1.807, 2.05) is 217 Å². The Morgan fingerprint density at radius 1 is 0.659 bits per heavy atom. The molecule has 82 heavy (non-hydrogen) atoms. The predicted octanol–water partition coefficient (Wildman–Crippen LogP) is 12.4. The van der Waals surface area contributed by atoms with E-state index >= 15 is 4.79 Å². The number of hydrogen-bond donors (Lipinski definition) is 2. The number of benzene rings is 8. The molecule has 0 bridgehead atoms. The number of nitrogens with one attached hydrogen (secondary N) is 1. The summed E-state index contributed by atoms with van der Waals surface area (Å²) in [6.07, 6.45) is 3.12. The van der Waals surface area contributed by atoms with Crippen LogP contribution in [0.2, 0.25) is 0 Å². The maximum absolute atomic E-state index is 15.2. The van der Waals surface area contributed by atoms with E-state index in [0.29, 0.717) is 16.4 Å². The fourth-order valence-electron chi connectivity index (χ4n) is 10.8. The third kappa shape index (κ3) is 10.3. The summed E-state index contributed by atoms with van der Waals surface area (Å²) >= 11 is 4.04. The Bertz CT molecular complexity index is 3660. The van der Waals surface area contributed by atoms with Crippen molar-refractivity contribution in [3.05, 3.63) is 327 Å². The second-order valence-electron chi connectivity index (χ2n) is 19.5. The van der Waals surface area contributed by atoms with Crippen LogP contribution in [0.1, 0.15) is 61.9 Å². The van der Waals surface area contributed by atoms with Crippen molar-refractivity contribution in [2.24, 2.45) is 5.16 Å². The quantitative estimate of drug-likeness (QED) is 0.0263. The van der Waals surface area contributed by atoms with Gasteiger partial charge in [0.05, 0.1) is 6.20 Å². The number of thiazole rings is 1. The number of fused-ring (bicyclic) bond motifs is 1. The maximum atomic E-state index is 15.2. The van der Waals surface area contributed by atoms with Crippen molar-refractivity contribution in [1.29, 1.82) is 0 Å². The number of hydrogen-bond acceptors (Lipinski definition) is 12. The van der Waals surface area contributed by atoms with Crippen molar-refractivity contribution in [3.8, 4) is 0 Å². The average Bonchev–Trinajstić information content (AvgIpc) is 3.81. The Hall–Kier alpha value is -9.28. The number of carbonyl (C=O) groups excluding carboxylic acids is 3. The molecule has 404 valence electrons. The van der Waals surface area contributed by atoms with Gasteiger partial charge in [-0.05, 0) is 27.8 Å². The molecule has 0 unspecified atom stereocenters. The molecule has 1 fully saturated rings. The van der Waals surface area contributed by atoms with Crippen molar-refractivity contribution in [1.82, 2.24) is 25.0 Å². The van der Waals surface area contributed by atoms with E-state index in [9.17, 15) is 9.59 Å². The average molecular weight is 1130 g/mol. The van der Waals surface area contributed by atoms with Crippen LogP contribution in [0, 0.1) is 0 Å². The lowest BCUT2D eigenvalue weighted by Gasteiger charge is -2.49. The summed E-state index contributed by atoms with van der Waals surface area (Å²) in [6, 6.07) is 77.9. The van der Waals surface area contributed by atoms with E-state index in [1.165, 1.54) is 28.4 Å². The summed E-state index contributed by atoms with van der Waals surface area (Å²) in [7, 11) is 0. The second-order valence-corrected chi connectivity index (χ2v) is 22.6. The van der Waals surface area contributed by atoms with E-state index in [2.05, 4.69) is 58.1 Å². The monoisotopic (exact) mass is 1130 g/mol. The van der Waals surface area contributed by atoms with Crippen LogP contribution >= 0.6 is 34.9 Å². The summed E-state index contributed by atoms with van der Waals surface area (Å²) < 4.78 is 8.57. The molecule has 2 aliphatic heterocycles. The van der Waals surface area contributed by atoms with Crippen molar-refractivity contribution in [2.75, 3.05) is 11.5 Å².